The molecule has 2 unspecified atom stereocenters. The van der Waals surface area contributed by atoms with Gasteiger partial charge in [0.25, 0.3) is 0 Å². The van der Waals surface area contributed by atoms with Crippen LogP contribution in [0.3, 0.4) is 0 Å². The first-order valence-electron chi connectivity index (χ1n) is 11.6. The summed E-state index contributed by atoms with van der Waals surface area (Å²) < 4.78 is 5.93. The lowest BCUT2D eigenvalue weighted by molar-refractivity contribution is 0.127. The fourth-order valence-corrected chi connectivity index (χ4v) is 5.38. The van der Waals surface area contributed by atoms with Crippen LogP contribution >= 0.6 is 11.6 Å². The maximum absolute atomic E-state index is 6.17. The van der Waals surface area contributed by atoms with Gasteiger partial charge in [0, 0.05) is 37.4 Å². The number of para-hydroxylation sites is 1. The molecular formula is C27H30ClN3O. The summed E-state index contributed by atoms with van der Waals surface area (Å²) in [7, 11) is 0. The van der Waals surface area contributed by atoms with Crippen molar-refractivity contribution in [2.45, 2.75) is 12.5 Å². The summed E-state index contributed by atoms with van der Waals surface area (Å²) in [6.07, 6.45) is 3.15. The predicted molar refractivity (Wildman–Crippen MR) is 129 cm³/mol. The third kappa shape index (κ3) is 4.98. The Morgan fingerprint density at radius 3 is 2.47 bits per heavy atom. The summed E-state index contributed by atoms with van der Waals surface area (Å²) in [5, 5.41) is 0.775. The van der Waals surface area contributed by atoms with E-state index < -0.39 is 0 Å². The monoisotopic (exact) mass is 447 g/mol. The molecule has 0 radical (unpaired) electrons. The molecule has 2 fully saturated rings. The topological polar surface area (TPSA) is 28.6 Å². The SMILES string of the molecule is Clc1ccc(C(c2ccccn2)N2CC3CCN(CCOc4ccccc4)C[C@H]3C2)cc1. The Kier molecular flexibility index (Phi) is 6.72. The summed E-state index contributed by atoms with van der Waals surface area (Å²) in [5.41, 5.74) is 2.38. The molecule has 0 saturated carbocycles. The largest absolute Gasteiger partial charge is 0.492 e. The Morgan fingerprint density at radius 1 is 0.906 bits per heavy atom. The zero-order chi connectivity index (χ0) is 21.8. The van der Waals surface area contributed by atoms with E-state index >= 15 is 0 Å². The second-order valence-electron chi connectivity index (χ2n) is 8.93. The van der Waals surface area contributed by atoms with Crippen molar-refractivity contribution in [2.24, 2.45) is 11.8 Å². The van der Waals surface area contributed by atoms with Crippen LogP contribution in [-0.2, 0) is 0 Å². The Morgan fingerprint density at radius 2 is 1.69 bits per heavy atom. The second-order valence-corrected chi connectivity index (χ2v) is 9.37. The zero-order valence-corrected chi connectivity index (χ0v) is 19.1. The van der Waals surface area contributed by atoms with Crippen molar-refractivity contribution in [3.05, 3.63) is 95.3 Å². The minimum Gasteiger partial charge on any atom is -0.492 e. The number of fused-ring (bicyclic) bond motifs is 1. The van der Waals surface area contributed by atoms with Gasteiger partial charge >= 0.3 is 0 Å². The van der Waals surface area contributed by atoms with Crippen LogP contribution in [0.25, 0.3) is 0 Å². The number of nitrogens with zero attached hydrogens (tertiary/aromatic N) is 3. The third-order valence-electron chi connectivity index (χ3n) is 6.85. The molecule has 166 valence electrons. The van der Waals surface area contributed by atoms with Crippen LogP contribution < -0.4 is 4.74 Å². The summed E-state index contributed by atoms with van der Waals surface area (Å²) in [4.78, 5) is 9.93. The highest BCUT2D eigenvalue weighted by Crippen LogP contribution is 2.38. The van der Waals surface area contributed by atoms with Gasteiger partial charge in [0.15, 0.2) is 0 Å². The van der Waals surface area contributed by atoms with Gasteiger partial charge < -0.3 is 4.74 Å². The second kappa shape index (κ2) is 10.0. The van der Waals surface area contributed by atoms with Gasteiger partial charge in [-0.15, -0.1) is 0 Å². The van der Waals surface area contributed by atoms with Crippen LogP contribution in [0.1, 0.15) is 23.7 Å². The molecule has 2 saturated heterocycles. The molecule has 2 aliphatic rings. The van der Waals surface area contributed by atoms with Gasteiger partial charge in [-0.3, -0.25) is 14.8 Å². The predicted octanol–water partition coefficient (Wildman–Crippen LogP) is 5.16. The lowest BCUT2D eigenvalue weighted by Crippen LogP contribution is -2.41. The van der Waals surface area contributed by atoms with Crippen molar-refractivity contribution >= 4 is 11.6 Å². The molecular weight excluding hydrogens is 418 g/mol. The van der Waals surface area contributed by atoms with Crippen molar-refractivity contribution in [1.82, 2.24) is 14.8 Å². The van der Waals surface area contributed by atoms with Gasteiger partial charge in [0.05, 0.1) is 11.7 Å². The van der Waals surface area contributed by atoms with Crippen LogP contribution in [0.2, 0.25) is 5.02 Å². The van der Waals surface area contributed by atoms with Crippen molar-refractivity contribution in [1.29, 1.82) is 0 Å². The maximum Gasteiger partial charge on any atom is 0.119 e. The molecule has 3 aromatic rings. The average molecular weight is 448 g/mol. The third-order valence-corrected chi connectivity index (χ3v) is 7.10. The van der Waals surface area contributed by atoms with Crippen molar-refractivity contribution in [3.8, 4) is 5.75 Å². The van der Waals surface area contributed by atoms with E-state index in [1.54, 1.807) is 0 Å². The summed E-state index contributed by atoms with van der Waals surface area (Å²) in [5.74, 6) is 2.40. The van der Waals surface area contributed by atoms with Crippen LogP contribution in [-0.4, -0.2) is 54.1 Å². The average Bonchev–Trinajstić information content (AvgIpc) is 3.25. The van der Waals surface area contributed by atoms with Crippen molar-refractivity contribution < 1.29 is 4.74 Å². The normalized spacial score (nSPS) is 22.4. The first kappa shape index (κ1) is 21.4. The lowest BCUT2D eigenvalue weighted by Gasteiger charge is -2.34. The zero-order valence-electron chi connectivity index (χ0n) is 18.3. The Balaban J connectivity index is 1.24. The van der Waals surface area contributed by atoms with E-state index in [4.69, 9.17) is 21.3 Å². The molecule has 3 atom stereocenters. The standard InChI is InChI=1S/C27H30ClN3O/c28-24-11-9-21(10-12-24)27(26-8-4-5-14-29-26)31-19-22-13-15-30(18-23(22)20-31)16-17-32-25-6-2-1-3-7-25/h1-12,14,22-23,27H,13,15-20H2/t22?,23-,27?/m0/s1. The quantitative estimate of drug-likeness (QED) is 0.500. The van der Waals surface area contributed by atoms with E-state index in [1.165, 1.54) is 12.0 Å². The molecule has 0 amide bonds. The van der Waals surface area contributed by atoms with E-state index in [0.29, 0.717) is 5.92 Å². The molecule has 0 aliphatic carbocycles. The highest BCUT2D eigenvalue weighted by atomic mass is 35.5. The number of ether oxygens (including phenoxy) is 1. The number of aromatic nitrogens is 1. The Hall–Kier alpha value is -2.40. The summed E-state index contributed by atoms with van der Waals surface area (Å²) in [6.45, 7) is 6.26. The number of piperidine rings is 1. The van der Waals surface area contributed by atoms with Crippen LogP contribution in [0.15, 0.2) is 79.0 Å². The molecule has 5 rings (SSSR count). The van der Waals surface area contributed by atoms with Gasteiger partial charge in [-0.05, 0) is 66.8 Å². The molecule has 3 heterocycles. The number of hydrogen-bond acceptors (Lipinski definition) is 4. The number of rotatable bonds is 7. The minimum atomic E-state index is 0.175. The van der Waals surface area contributed by atoms with Crippen molar-refractivity contribution in [2.75, 3.05) is 39.3 Å². The van der Waals surface area contributed by atoms with Crippen molar-refractivity contribution in [3.63, 3.8) is 0 Å². The molecule has 2 aliphatic heterocycles. The summed E-state index contributed by atoms with van der Waals surface area (Å²) in [6, 6.07) is 24.8. The fraction of sp³-hybridized carbons (Fsp3) is 0.370. The molecule has 5 heteroatoms. The van der Waals surface area contributed by atoms with E-state index in [-0.39, 0.29) is 6.04 Å². The number of pyridine rings is 1. The smallest absolute Gasteiger partial charge is 0.119 e. The van der Waals surface area contributed by atoms with Crippen LogP contribution in [0, 0.1) is 11.8 Å². The first-order chi connectivity index (χ1) is 15.8. The van der Waals surface area contributed by atoms with Gasteiger partial charge in [0.2, 0.25) is 0 Å². The van der Waals surface area contributed by atoms with Gasteiger partial charge in [-0.1, -0.05) is 48.0 Å². The summed E-state index contributed by atoms with van der Waals surface area (Å²) >= 11 is 6.17. The van der Waals surface area contributed by atoms with Gasteiger partial charge in [0.1, 0.15) is 12.4 Å². The lowest BCUT2D eigenvalue weighted by atomic mass is 9.89. The Bertz CT molecular complexity index is 983. The number of hydrogen-bond donors (Lipinski definition) is 0. The minimum absolute atomic E-state index is 0.175. The van der Waals surface area contributed by atoms with E-state index in [2.05, 4.69) is 34.1 Å². The molecule has 4 nitrogen and oxygen atoms in total. The van der Waals surface area contributed by atoms with E-state index in [1.807, 2.05) is 54.7 Å². The van der Waals surface area contributed by atoms with Gasteiger partial charge in [-0.25, -0.2) is 0 Å². The van der Waals surface area contributed by atoms with Gasteiger partial charge in [-0.2, -0.15) is 0 Å². The molecule has 1 aromatic heterocycles. The number of likely N-dealkylation sites (tertiary alicyclic amines) is 2. The molecule has 2 aromatic carbocycles. The molecule has 0 spiro atoms. The number of halogens is 1. The van der Waals surface area contributed by atoms with E-state index in [9.17, 15) is 0 Å². The van der Waals surface area contributed by atoms with Crippen LogP contribution in [0.4, 0.5) is 0 Å². The first-order valence-corrected chi connectivity index (χ1v) is 11.9. The highest BCUT2D eigenvalue weighted by Gasteiger charge is 2.40. The van der Waals surface area contributed by atoms with Crippen LogP contribution in [0.5, 0.6) is 5.75 Å². The molecule has 0 bridgehead atoms. The van der Waals surface area contributed by atoms with E-state index in [0.717, 1.165) is 61.7 Å². The Labute approximate surface area is 195 Å². The maximum atomic E-state index is 6.17. The molecule has 0 N–H and O–H groups in total. The highest BCUT2D eigenvalue weighted by molar-refractivity contribution is 6.30. The number of benzene rings is 2. The fourth-order valence-electron chi connectivity index (χ4n) is 5.25. The molecule has 32 heavy (non-hydrogen) atoms.